The molecule has 2 fully saturated rings. The summed E-state index contributed by atoms with van der Waals surface area (Å²) in [6, 6.07) is 0. The summed E-state index contributed by atoms with van der Waals surface area (Å²) in [5, 5.41) is 3.38. The molecule has 1 aliphatic carbocycles. The summed E-state index contributed by atoms with van der Waals surface area (Å²) in [6.07, 6.45) is 3.76. The van der Waals surface area contributed by atoms with Crippen LogP contribution in [0.3, 0.4) is 0 Å². The first kappa shape index (κ1) is 11.2. The SMILES string of the molecule is Cl.FC1(F)CCC2(CCCN2)CC1. The molecule has 1 N–H and O–H groups in total. The topological polar surface area (TPSA) is 12.0 Å². The van der Waals surface area contributed by atoms with Gasteiger partial charge in [0.25, 0.3) is 0 Å². The molecule has 0 aromatic rings. The van der Waals surface area contributed by atoms with Gasteiger partial charge in [-0.25, -0.2) is 8.78 Å². The summed E-state index contributed by atoms with van der Waals surface area (Å²) in [6.45, 7) is 1.02. The molecule has 0 unspecified atom stereocenters. The molecule has 0 atom stereocenters. The molecule has 1 heterocycles. The van der Waals surface area contributed by atoms with E-state index >= 15 is 0 Å². The molecule has 0 amide bonds. The van der Waals surface area contributed by atoms with Gasteiger partial charge in [0.05, 0.1) is 0 Å². The smallest absolute Gasteiger partial charge is 0.248 e. The van der Waals surface area contributed by atoms with Crippen LogP contribution in [0.15, 0.2) is 0 Å². The molecule has 1 spiro atoms. The van der Waals surface area contributed by atoms with Gasteiger partial charge in [-0.15, -0.1) is 12.4 Å². The lowest BCUT2D eigenvalue weighted by molar-refractivity contribution is -0.0532. The standard InChI is InChI=1S/C9H15F2N.ClH/c10-9(11)5-3-8(4-6-9)2-1-7-12-8;/h12H,1-7H2;1H. The molecule has 0 bridgehead atoms. The average Bonchev–Trinajstić information content (AvgIpc) is 2.46. The lowest BCUT2D eigenvalue weighted by Crippen LogP contribution is -2.45. The first-order valence-corrected chi connectivity index (χ1v) is 4.75. The number of halogens is 3. The molecule has 1 nitrogen and oxygen atoms in total. The van der Waals surface area contributed by atoms with Crippen molar-refractivity contribution in [2.75, 3.05) is 6.54 Å². The van der Waals surface area contributed by atoms with E-state index in [1.807, 2.05) is 0 Å². The summed E-state index contributed by atoms with van der Waals surface area (Å²) in [5.41, 5.74) is 0.0989. The second kappa shape index (κ2) is 3.70. The van der Waals surface area contributed by atoms with Gasteiger partial charge in [0, 0.05) is 18.4 Å². The summed E-state index contributed by atoms with van der Waals surface area (Å²) in [4.78, 5) is 0. The minimum absolute atomic E-state index is 0. The number of alkyl halides is 2. The quantitative estimate of drug-likeness (QED) is 0.650. The van der Waals surface area contributed by atoms with Crippen molar-refractivity contribution in [1.29, 1.82) is 0 Å². The van der Waals surface area contributed by atoms with Crippen LogP contribution in [0.5, 0.6) is 0 Å². The van der Waals surface area contributed by atoms with Crippen LogP contribution in [0.25, 0.3) is 0 Å². The number of hydrogen-bond acceptors (Lipinski definition) is 1. The zero-order valence-corrected chi connectivity index (χ0v) is 8.43. The van der Waals surface area contributed by atoms with Gasteiger partial charge in [-0.05, 0) is 32.2 Å². The van der Waals surface area contributed by atoms with Gasteiger partial charge in [0.2, 0.25) is 5.92 Å². The molecule has 0 radical (unpaired) electrons. The van der Waals surface area contributed by atoms with Crippen molar-refractivity contribution < 1.29 is 8.78 Å². The van der Waals surface area contributed by atoms with Gasteiger partial charge in [0.15, 0.2) is 0 Å². The fourth-order valence-corrected chi connectivity index (χ4v) is 2.39. The predicted molar refractivity (Wildman–Crippen MR) is 50.6 cm³/mol. The molecule has 1 saturated carbocycles. The van der Waals surface area contributed by atoms with Crippen LogP contribution in [0.2, 0.25) is 0 Å². The van der Waals surface area contributed by atoms with Gasteiger partial charge >= 0.3 is 0 Å². The Morgan fingerprint density at radius 2 is 1.54 bits per heavy atom. The molecule has 2 aliphatic rings. The summed E-state index contributed by atoms with van der Waals surface area (Å²) < 4.78 is 25.6. The van der Waals surface area contributed by atoms with E-state index < -0.39 is 5.92 Å². The minimum atomic E-state index is -2.38. The Labute approximate surface area is 83.7 Å². The zero-order valence-electron chi connectivity index (χ0n) is 7.61. The molecular weight excluding hydrogens is 196 g/mol. The third-order valence-electron chi connectivity index (χ3n) is 3.27. The van der Waals surface area contributed by atoms with Crippen LogP contribution < -0.4 is 5.32 Å². The maximum atomic E-state index is 12.8. The molecule has 4 heteroatoms. The Morgan fingerprint density at radius 1 is 0.923 bits per heavy atom. The molecule has 2 rings (SSSR count). The van der Waals surface area contributed by atoms with Crippen LogP contribution in [0, 0.1) is 0 Å². The highest BCUT2D eigenvalue weighted by molar-refractivity contribution is 5.85. The molecule has 78 valence electrons. The van der Waals surface area contributed by atoms with Crippen LogP contribution >= 0.6 is 12.4 Å². The third-order valence-corrected chi connectivity index (χ3v) is 3.27. The predicted octanol–water partition coefficient (Wildman–Crippen LogP) is 2.74. The Hall–Kier alpha value is 0.110. The van der Waals surface area contributed by atoms with Crippen molar-refractivity contribution in [2.45, 2.75) is 50.0 Å². The highest BCUT2D eigenvalue weighted by Gasteiger charge is 2.44. The largest absolute Gasteiger partial charge is 0.311 e. The highest BCUT2D eigenvalue weighted by Crippen LogP contribution is 2.42. The van der Waals surface area contributed by atoms with E-state index in [0.29, 0.717) is 12.8 Å². The van der Waals surface area contributed by atoms with E-state index in [4.69, 9.17) is 0 Å². The lowest BCUT2D eigenvalue weighted by Gasteiger charge is -2.37. The fraction of sp³-hybridized carbons (Fsp3) is 1.00. The monoisotopic (exact) mass is 211 g/mol. The first-order chi connectivity index (χ1) is 5.62. The third kappa shape index (κ3) is 2.32. The second-order valence-electron chi connectivity index (χ2n) is 4.17. The van der Waals surface area contributed by atoms with E-state index in [1.54, 1.807) is 0 Å². The Kier molecular flexibility index (Phi) is 3.18. The summed E-state index contributed by atoms with van der Waals surface area (Å²) >= 11 is 0. The Morgan fingerprint density at radius 3 is 2.00 bits per heavy atom. The van der Waals surface area contributed by atoms with Gasteiger partial charge in [-0.2, -0.15) is 0 Å². The first-order valence-electron chi connectivity index (χ1n) is 4.75. The van der Waals surface area contributed by atoms with E-state index in [2.05, 4.69) is 5.32 Å². The summed E-state index contributed by atoms with van der Waals surface area (Å²) in [5.74, 6) is -2.38. The van der Waals surface area contributed by atoms with E-state index in [0.717, 1.165) is 19.4 Å². The van der Waals surface area contributed by atoms with Crippen LogP contribution in [-0.4, -0.2) is 18.0 Å². The highest BCUT2D eigenvalue weighted by atomic mass is 35.5. The maximum Gasteiger partial charge on any atom is 0.248 e. The van der Waals surface area contributed by atoms with Crippen LogP contribution in [0.1, 0.15) is 38.5 Å². The van der Waals surface area contributed by atoms with Crippen molar-refractivity contribution in [3.8, 4) is 0 Å². The molecule has 0 aromatic heterocycles. The van der Waals surface area contributed by atoms with Gasteiger partial charge in [0.1, 0.15) is 0 Å². The number of rotatable bonds is 0. The van der Waals surface area contributed by atoms with E-state index in [-0.39, 0.29) is 30.8 Å². The van der Waals surface area contributed by atoms with E-state index in [1.165, 1.54) is 0 Å². The van der Waals surface area contributed by atoms with Crippen molar-refractivity contribution in [2.24, 2.45) is 0 Å². The van der Waals surface area contributed by atoms with Crippen LogP contribution in [0.4, 0.5) is 8.78 Å². The maximum absolute atomic E-state index is 12.8. The Bertz CT molecular complexity index is 166. The fourth-order valence-electron chi connectivity index (χ4n) is 2.39. The van der Waals surface area contributed by atoms with E-state index in [9.17, 15) is 8.78 Å². The lowest BCUT2D eigenvalue weighted by atomic mass is 9.79. The zero-order chi connectivity index (χ0) is 8.66. The molecule has 1 aliphatic heterocycles. The van der Waals surface area contributed by atoms with Gasteiger partial charge in [-0.3, -0.25) is 0 Å². The number of hydrogen-bond donors (Lipinski definition) is 1. The normalized spacial score (nSPS) is 30.0. The van der Waals surface area contributed by atoms with Crippen molar-refractivity contribution in [1.82, 2.24) is 5.32 Å². The van der Waals surface area contributed by atoms with Crippen LogP contribution in [-0.2, 0) is 0 Å². The van der Waals surface area contributed by atoms with Crippen molar-refractivity contribution in [3.63, 3.8) is 0 Å². The van der Waals surface area contributed by atoms with Crippen molar-refractivity contribution >= 4 is 12.4 Å². The minimum Gasteiger partial charge on any atom is -0.311 e. The molecule has 13 heavy (non-hydrogen) atoms. The van der Waals surface area contributed by atoms with Crippen molar-refractivity contribution in [3.05, 3.63) is 0 Å². The number of nitrogens with one attached hydrogen (secondary N) is 1. The molecule has 1 saturated heterocycles. The second-order valence-corrected chi connectivity index (χ2v) is 4.17. The Balaban J connectivity index is 0.000000845. The average molecular weight is 212 g/mol. The van der Waals surface area contributed by atoms with Gasteiger partial charge < -0.3 is 5.32 Å². The molecular formula is C9H16ClF2N. The van der Waals surface area contributed by atoms with Gasteiger partial charge in [-0.1, -0.05) is 0 Å². The molecule has 0 aromatic carbocycles. The summed E-state index contributed by atoms with van der Waals surface area (Å²) in [7, 11) is 0.